The summed E-state index contributed by atoms with van der Waals surface area (Å²) in [5, 5.41) is 5.52. The molecule has 0 bridgehead atoms. The normalized spacial score (nSPS) is 13.5. The number of benzene rings is 1. The maximum absolute atomic E-state index is 13.4. The van der Waals surface area contributed by atoms with Crippen molar-refractivity contribution in [2.75, 3.05) is 36.5 Å². The molecule has 0 unspecified atom stereocenters. The molecule has 160 valence electrons. The van der Waals surface area contributed by atoms with Gasteiger partial charge in [-0.1, -0.05) is 12.1 Å². The predicted molar refractivity (Wildman–Crippen MR) is 114 cm³/mol. The molecule has 1 saturated heterocycles. The number of hydrogen-bond donors (Lipinski definition) is 2. The number of rotatable bonds is 6. The van der Waals surface area contributed by atoms with Crippen molar-refractivity contribution in [3.63, 3.8) is 0 Å². The van der Waals surface area contributed by atoms with Crippen molar-refractivity contribution >= 4 is 17.5 Å². The van der Waals surface area contributed by atoms with E-state index < -0.39 is 5.82 Å². The van der Waals surface area contributed by atoms with Gasteiger partial charge in [0, 0.05) is 37.5 Å². The van der Waals surface area contributed by atoms with Crippen LogP contribution >= 0.6 is 0 Å². The topological polar surface area (TPSA) is 88.6 Å². The van der Waals surface area contributed by atoms with Crippen molar-refractivity contribution in [3.8, 4) is 11.6 Å². The number of amides is 2. The second kappa shape index (κ2) is 9.86. The molecule has 1 fully saturated rings. The molecule has 2 aromatic heterocycles. The summed E-state index contributed by atoms with van der Waals surface area (Å²) in [5.74, 6) is 1.07. The molecule has 3 aromatic rings. The number of anilines is 2. The van der Waals surface area contributed by atoms with E-state index in [1.807, 2.05) is 6.07 Å². The molecule has 2 amide bonds. The molecule has 2 N–H and O–H groups in total. The zero-order valence-corrected chi connectivity index (χ0v) is 16.8. The summed E-state index contributed by atoms with van der Waals surface area (Å²) in [6, 6.07) is 12.6. The summed E-state index contributed by atoms with van der Waals surface area (Å²) in [4.78, 5) is 23.0. The molecule has 1 aliphatic heterocycles. The average molecular weight is 423 g/mol. The van der Waals surface area contributed by atoms with Crippen LogP contribution in [0.5, 0.6) is 11.6 Å². The van der Waals surface area contributed by atoms with Crippen LogP contribution in [0.2, 0.25) is 0 Å². The number of carbonyl (C=O) groups is 1. The number of carbonyl (C=O) groups excluding carboxylic acids is 1. The Morgan fingerprint density at radius 1 is 1.13 bits per heavy atom. The van der Waals surface area contributed by atoms with Gasteiger partial charge in [-0.05, 0) is 30.3 Å². The van der Waals surface area contributed by atoms with E-state index in [-0.39, 0.29) is 12.6 Å². The summed E-state index contributed by atoms with van der Waals surface area (Å²) < 4.78 is 24.4. The molecule has 9 heteroatoms. The number of nitrogens with one attached hydrogen (secondary N) is 2. The molecule has 4 rings (SSSR count). The number of urea groups is 1. The highest BCUT2D eigenvalue weighted by molar-refractivity contribution is 5.89. The molecule has 1 aromatic carbocycles. The Morgan fingerprint density at radius 3 is 2.77 bits per heavy atom. The average Bonchev–Trinajstić information content (AvgIpc) is 2.80. The standard InChI is InChI=1S/C22H22FN5O3/c23-17-4-1-5-19(13-17)31-21-16(3-2-8-24-21)14-26-22(29)27-18-6-7-20(25-15-18)28-9-11-30-12-10-28/h1-8,13,15H,9-12,14H2,(H2,26,27,29). The van der Waals surface area contributed by atoms with E-state index in [1.165, 1.54) is 12.1 Å². The van der Waals surface area contributed by atoms with Gasteiger partial charge in [-0.2, -0.15) is 0 Å². The van der Waals surface area contributed by atoms with Crippen LogP contribution in [0.25, 0.3) is 0 Å². The van der Waals surface area contributed by atoms with Crippen molar-refractivity contribution < 1.29 is 18.7 Å². The Morgan fingerprint density at radius 2 is 2.00 bits per heavy atom. The van der Waals surface area contributed by atoms with E-state index in [9.17, 15) is 9.18 Å². The Balaban J connectivity index is 1.33. The van der Waals surface area contributed by atoms with Gasteiger partial charge >= 0.3 is 6.03 Å². The van der Waals surface area contributed by atoms with Crippen molar-refractivity contribution in [3.05, 3.63) is 72.3 Å². The third-order valence-corrected chi connectivity index (χ3v) is 4.64. The van der Waals surface area contributed by atoms with E-state index in [0.717, 1.165) is 18.9 Å². The first-order valence-corrected chi connectivity index (χ1v) is 9.88. The van der Waals surface area contributed by atoms with Crippen LogP contribution in [0, 0.1) is 5.82 Å². The molecular formula is C22H22FN5O3. The molecule has 0 aliphatic carbocycles. The van der Waals surface area contributed by atoms with Crippen molar-refractivity contribution in [1.82, 2.24) is 15.3 Å². The highest BCUT2D eigenvalue weighted by atomic mass is 19.1. The second-order valence-corrected chi connectivity index (χ2v) is 6.84. The third-order valence-electron chi connectivity index (χ3n) is 4.64. The molecule has 8 nitrogen and oxygen atoms in total. The monoisotopic (exact) mass is 423 g/mol. The number of ether oxygens (including phenoxy) is 2. The summed E-state index contributed by atoms with van der Waals surface area (Å²) in [6.45, 7) is 3.15. The zero-order valence-electron chi connectivity index (χ0n) is 16.8. The molecule has 3 heterocycles. The smallest absolute Gasteiger partial charge is 0.319 e. The van der Waals surface area contributed by atoms with E-state index >= 15 is 0 Å². The lowest BCUT2D eigenvalue weighted by Gasteiger charge is -2.27. The van der Waals surface area contributed by atoms with Crippen LogP contribution in [0.15, 0.2) is 60.9 Å². The van der Waals surface area contributed by atoms with Gasteiger partial charge < -0.3 is 25.0 Å². The Kier molecular flexibility index (Phi) is 6.53. The van der Waals surface area contributed by atoms with Crippen LogP contribution < -0.4 is 20.3 Å². The SMILES string of the molecule is O=C(NCc1cccnc1Oc1cccc(F)c1)Nc1ccc(N2CCOCC2)nc1. The van der Waals surface area contributed by atoms with Crippen molar-refractivity contribution in [2.24, 2.45) is 0 Å². The maximum atomic E-state index is 13.4. The minimum Gasteiger partial charge on any atom is -0.439 e. The second-order valence-electron chi connectivity index (χ2n) is 6.84. The molecule has 1 aliphatic rings. The van der Waals surface area contributed by atoms with Crippen molar-refractivity contribution in [1.29, 1.82) is 0 Å². The molecule has 0 radical (unpaired) electrons. The fourth-order valence-corrected chi connectivity index (χ4v) is 3.08. The van der Waals surface area contributed by atoms with Gasteiger partial charge in [0.2, 0.25) is 5.88 Å². The van der Waals surface area contributed by atoms with Gasteiger partial charge in [0.15, 0.2) is 0 Å². The first-order chi connectivity index (χ1) is 15.2. The number of aromatic nitrogens is 2. The zero-order chi connectivity index (χ0) is 21.5. The van der Waals surface area contributed by atoms with Crippen LogP contribution in [-0.4, -0.2) is 42.3 Å². The summed E-state index contributed by atoms with van der Waals surface area (Å²) in [5.41, 5.74) is 1.24. The molecular weight excluding hydrogens is 401 g/mol. The van der Waals surface area contributed by atoms with Crippen molar-refractivity contribution in [2.45, 2.75) is 6.54 Å². The highest BCUT2D eigenvalue weighted by Gasteiger charge is 2.13. The fourth-order valence-electron chi connectivity index (χ4n) is 3.08. The first-order valence-electron chi connectivity index (χ1n) is 9.88. The maximum Gasteiger partial charge on any atom is 0.319 e. The van der Waals surface area contributed by atoms with Gasteiger partial charge in [0.25, 0.3) is 0 Å². The van der Waals surface area contributed by atoms with Gasteiger partial charge in [0.1, 0.15) is 17.4 Å². The minimum absolute atomic E-state index is 0.184. The first kappa shape index (κ1) is 20.5. The molecule has 0 saturated carbocycles. The lowest BCUT2D eigenvalue weighted by molar-refractivity contribution is 0.122. The van der Waals surface area contributed by atoms with Gasteiger partial charge in [-0.3, -0.25) is 0 Å². The number of nitrogens with zero attached hydrogens (tertiary/aromatic N) is 3. The summed E-state index contributed by atoms with van der Waals surface area (Å²) in [6.07, 6.45) is 3.19. The molecule has 0 atom stereocenters. The van der Waals surface area contributed by atoms with Gasteiger partial charge in [-0.15, -0.1) is 0 Å². The lowest BCUT2D eigenvalue weighted by atomic mass is 10.2. The largest absolute Gasteiger partial charge is 0.439 e. The lowest BCUT2D eigenvalue weighted by Crippen LogP contribution is -2.36. The number of halogens is 1. The Labute approximate surface area is 179 Å². The van der Waals surface area contributed by atoms with E-state index in [4.69, 9.17) is 9.47 Å². The van der Waals surface area contributed by atoms with Crippen LogP contribution in [0.1, 0.15) is 5.56 Å². The Hall–Kier alpha value is -3.72. The number of morpholine rings is 1. The predicted octanol–water partition coefficient (Wildman–Crippen LogP) is 3.57. The summed E-state index contributed by atoms with van der Waals surface area (Å²) >= 11 is 0. The number of pyridine rings is 2. The minimum atomic E-state index is -0.402. The third kappa shape index (κ3) is 5.67. The molecule has 0 spiro atoms. The fraction of sp³-hybridized carbons (Fsp3) is 0.227. The van der Waals surface area contributed by atoms with Crippen LogP contribution in [0.3, 0.4) is 0 Å². The Bertz CT molecular complexity index is 1030. The van der Waals surface area contributed by atoms with E-state index in [0.29, 0.717) is 36.1 Å². The van der Waals surface area contributed by atoms with Crippen LogP contribution in [-0.2, 0) is 11.3 Å². The van der Waals surface area contributed by atoms with E-state index in [1.54, 1.807) is 42.7 Å². The van der Waals surface area contributed by atoms with Crippen LogP contribution in [0.4, 0.5) is 20.7 Å². The van der Waals surface area contributed by atoms with E-state index in [2.05, 4.69) is 25.5 Å². The quantitative estimate of drug-likeness (QED) is 0.630. The van der Waals surface area contributed by atoms with Gasteiger partial charge in [-0.25, -0.2) is 19.2 Å². The number of hydrogen-bond acceptors (Lipinski definition) is 6. The molecule has 31 heavy (non-hydrogen) atoms. The van der Waals surface area contributed by atoms with Gasteiger partial charge in [0.05, 0.1) is 25.1 Å². The summed E-state index contributed by atoms with van der Waals surface area (Å²) in [7, 11) is 0. The highest BCUT2D eigenvalue weighted by Crippen LogP contribution is 2.23.